The van der Waals surface area contributed by atoms with Gasteiger partial charge in [-0.2, -0.15) is 4.31 Å². The Bertz CT molecular complexity index is 511. The highest BCUT2D eigenvalue weighted by Gasteiger charge is 2.24. The van der Waals surface area contributed by atoms with E-state index in [9.17, 15) is 8.42 Å². The van der Waals surface area contributed by atoms with Gasteiger partial charge in [0.1, 0.15) is 5.84 Å². The summed E-state index contributed by atoms with van der Waals surface area (Å²) in [5.41, 5.74) is 5.95. The first kappa shape index (κ1) is 13.7. The monoisotopic (exact) mass is 255 g/mol. The van der Waals surface area contributed by atoms with Crippen molar-refractivity contribution in [1.29, 1.82) is 5.41 Å². The third-order valence-electron chi connectivity index (χ3n) is 2.41. The molecule has 0 fully saturated rings. The molecule has 0 saturated carbocycles. The minimum atomic E-state index is -3.56. The van der Waals surface area contributed by atoms with Gasteiger partial charge < -0.3 is 5.73 Å². The van der Waals surface area contributed by atoms with Crippen LogP contribution in [0.15, 0.2) is 29.2 Å². The van der Waals surface area contributed by atoms with Crippen LogP contribution in [0.5, 0.6) is 0 Å². The predicted molar refractivity (Wildman–Crippen MR) is 67.5 cm³/mol. The van der Waals surface area contributed by atoms with Crippen molar-refractivity contribution in [3.8, 4) is 0 Å². The van der Waals surface area contributed by atoms with E-state index in [2.05, 4.69) is 0 Å². The predicted octanol–water partition coefficient (Wildman–Crippen LogP) is 0.942. The van der Waals surface area contributed by atoms with Crippen molar-refractivity contribution in [3.63, 3.8) is 0 Å². The Labute approximate surface area is 102 Å². The van der Waals surface area contributed by atoms with Crippen molar-refractivity contribution in [2.75, 3.05) is 13.1 Å². The lowest BCUT2D eigenvalue weighted by atomic mass is 10.2. The summed E-state index contributed by atoms with van der Waals surface area (Å²) in [6.45, 7) is 3.68. The van der Waals surface area contributed by atoms with Crippen molar-refractivity contribution >= 4 is 15.9 Å². The third kappa shape index (κ3) is 3.04. The molecule has 0 heterocycles. The second-order valence-corrected chi connectivity index (χ2v) is 5.63. The van der Waals surface area contributed by atoms with Gasteiger partial charge in [-0.05, 0) is 18.6 Å². The fraction of sp³-hybridized carbons (Fsp3) is 0.364. The van der Waals surface area contributed by atoms with E-state index in [1.54, 1.807) is 38.1 Å². The first-order valence-electron chi connectivity index (χ1n) is 5.28. The van der Waals surface area contributed by atoms with Crippen molar-refractivity contribution in [2.24, 2.45) is 5.73 Å². The minimum Gasteiger partial charge on any atom is -0.387 e. The Hall–Kier alpha value is -1.40. The Morgan fingerprint density at radius 1 is 1.41 bits per heavy atom. The van der Waals surface area contributed by atoms with Gasteiger partial charge in [0.05, 0.1) is 11.4 Å². The standard InChI is InChI=1S/C11H17N3O2S/c1-3-14(8-11(12)13)17(15,16)10-7-5-4-6-9(10)2/h4-7H,3,8H2,1-2H3,(H3,12,13). The van der Waals surface area contributed by atoms with Crippen LogP contribution in [-0.4, -0.2) is 31.6 Å². The highest BCUT2D eigenvalue weighted by atomic mass is 32.2. The molecule has 1 aromatic carbocycles. The average molecular weight is 255 g/mol. The van der Waals surface area contributed by atoms with E-state index in [4.69, 9.17) is 11.1 Å². The zero-order valence-electron chi connectivity index (χ0n) is 9.97. The number of benzene rings is 1. The number of amidine groups is 1. The molecule has 0 spiro atoms. The van der Waals surface area contributed by atoms with Gasteiger partial charge in [-0.15, -0.1) is 0 Å². The molecule has 0 unspecified atom stereocenters. The molecule has 1 aromatic rings. The molecule has 94 valence electrons. The zero-order chi connectivity index (χ0) is 13.1. The summed E-state index contributed by atoms with van der Waals surface area (Å²) in [5.74, 6) is -0.163. The van der Waals surface area contributed by atoms with Crippen LogP contribution in [0.3, 0.4) is 0 Å². The normalized spacial score (nSPS) is 11.7. The van der Waals surface area contributed by atoms with Crippen LogP contribution in [0.4, 0.5) is 0 Å². The van der Waals surface area contributed by atoms with Gasteiger partial charge in [0.15, 0.2) is 0 Å². The van der Waals surface area contributed by atoms with Gasteiger partial charge in [0, 0.05) is 6.54 Å². The van der Waals surface area contributed by atoms with E-state index in [0.29, 0.717) is 5.56 Å². The molecule has 5 nitrogen and oxygen atoms in total. The van der Waals surface area contributed by atoms with Crippen molar-refractivity contribution in [2.45, 2.75) is 18.7 Å². The van der Waals surface area contributed by atoms with E-state index in [-0.39, 0.29) is 23.8 Å². The Kier molecular flexibility index (Phi) is 4.25. The van der Waals surface area contributed by atoms with Crippen LogP contribution >= 0.6 is 0 Å². The van der Waals surface area contributed by atoms with E-state index in [1.165, 1.54) is 4.31 Å². The minimum absolute atomic E-state index is 0.0762. The Morgan fingerprint density at radius 3 is 2.47 bits per heavy atom. The van der Waals surface area contributed by atoms with Crippen LogP contribution in [0, 0.1) is 12.3 Å². The number of aryl methyl sites for hydroxylation is 1. The van der Waals surface area contributed by atoms with Gasteiger partial charge in [0.25, 0.3) is 0 Å². The van der Waals surface area contributed by atoms with Gasteiger partial charge >= 0.3 is 0 Å². The van der Waals surface area contributed by atoms with Crippen LogP contribution in [0.2, 0.25) is 0 Å². The summed E-state index contributed by atoms with van der Waals surface area (Å²) in [7, 11) is -3.56. The van der Waals surface area contributed by atoms with Crippen molar-refractivity contribution < 1.29 is 8.42 Å². The summed E-state index contributed by atoms with van der Waals surface area (Å²) >= 11 is 0. The van der Waals surface area contributed by atoms with E-state index in [1.807, 2.05) is 0 Å². The van der Waals surface area contributed by atoms with Crippen LogP contribution in [-0.2, 0) is 10.0 Å². The first-order chi connectivity index (χ1) is 7.89. The van der Waals surface area contributed by atoms with Gasteiger partial charge in [-0.25, -0.2) is 8.42 Å². The average Bonchev–Trinajstić information content (AvgIpc) is 2.25. The molecule has 17 heavy (non-hydrogen) atoms. The maximum Gasteiger partial charge on any atom is 0.243 e. The highest BCUT2D eigenvalue weighted by molar-refractivity contribution is 7.89. The lowest BCUT2D eigenvalue weighted by Gasteiger charge is -2.20. The molecule has 0 saturated heterocycles. The second-order valence-electron chi connectivity index (χ2n) is 3.72. The third-order valence-corrected chi connectivity index (χ3v) is 4.49. The summed E-state index contributed by atoms with van der Waals surface area (Å²) in [6.07, 6.45) is 0. The number of nitrogens with zero attached hydrogens (tertiary/aromatic N) is 1. The lowest BCUT2D eigenvalue weighted by Crippen LogP contribution is -2.38. The summed E-state index contributed by atoms with van der Waals surface area (Å²) in [6, 6.07) is 6.78. The molecule has 6 heteroatoms. The second kappa shape index (κ2) is 5.29. The lowest BCUT2D eigenvalue weighted by molar-refractivity contribution is 0.465. The number of hydrogen-bond acceptors (Lipinski definition) is 3. The molecule has 0 aliphatic heterocycles. The zero-order valence-corrected chi connectivity index (χ0v) is 10.8. The molecule has 0 atom stereocenters. The summed E-state index contributed by atoms with van der Waals surface area (Å²) < 4.78 is 25.8. The first-order valence-corrected chi connectivity index (χ1v) is 6.72. The molecule has 0 aliphatic rings. The molecule has 0 aromatic heterocycles. The number of likely N-dealkylation sites (N-methyl/N-ethyl adjacent to an activating group) is 1. The molecule has 0 bridgehead atoms. The molecule has 1 rings (SSSR count). The molecule has 0 amide bonds. The molecular formula is C11H17N3O2S. The maximum atomic E-state index is 12.3. The maximum absolute atomic E-state index is 12.3. The van der Waals surface area contributed by atoms with E-state index < -0.39 is 10.0 Å². The van der Waals surface area contributed by atoms with E-state index >= 15 is 0 Å². The van der Waals surface area contributed by atoms with Crippen LogP contribution in [0.1, 0.15) is 12.5 Å². The van der Waals surface area contributed by atoms with Crippen molar-refractivity contribution in [1.82, 2.24) is 4.31 Å². The number of nitrogens with two attached hydrogens (primary N) is 1. The van der Waals surface area contributed by atoms with Gasteiger partial charge in [0.2, 0.25) is 10.0 Å². The molecule has 0 aliphatic carbocycles. The summed E-state index contributed by atoms with van der Waals surface area (Å²) in [4.78, 5) is 0.267. The SMILES string of the molecule is CCN(CC(=N)N)S(=O)(=O)c1ccccc1C. The summed E-state index contributed by atoms with van der Waals surface area (Å²) in [5, 5.41) is 7.20. The van der Waals surface area contributed by atoms with Gasteiger partial charge in [-0.1, -0.05) is 25.1 Å². The highest BCUT2D eigenvalue weighted by Crippen LogP contribution is 2.18. The Morgan fingerprint density at radius 2 is 2.00 bits per heavy atom. The van der Waals surface area contributed by atoms with Crippen LogP contribution < -0.4 is 5.73 Å². The molecule has 0 radical (unpaired) electrons. The van der Waals surface area contributed by atoms with E-state index in [0.717, 1.165) is 0 Å². The number of sulfonamides is 1. The van der Waals surface area contributed by atoms with Crippen LogP contribution in [0.25, 0.3) is 0 Å². The smallest absolute Gasteiger partial charge is 0.243 e. The fourth-order valence-electron chi connectivity index (χ4n) is 1.54. The number of nitrogens with one attached hydrogen (secondary N) is 1. The van der Waals surface area contributed by atoms with Crippen molar-refractivity contribution in [3.05, 3.63) is 29.8 Å². The molecule has 3 N–H and O–H groups in total. The van der Waals surface area contributed by atoms with Gasteiger partial charge in [-0.3, -0.25) is 5.41 Å². The number of hydrogen-bond donors (Lipinski definition) is 2. The Balaban J connectivity index is 3.18. The molecular weight excluding hydrogens is 238 g/mol. The topological polar surface area (TPSA) is 87.2 Å². The number of rotatable bonds is 5. The quantitative estimate of drug-likeness (QED) is 0.606. The largest absolute Gasteiger partial charge is 0.387 e. The fourth-order valence-corrected chi connectivity index (χ4v) is 3.19.